The number of carbonyl (C=O) groups is 2. The predicted octanol–water partition coefficient (Wildman–Crippen LogP) is 2.48. The van der Waals surface area contributed by atoms with Gasteiger partial charge in [0, 0.05) is 30.1 Å². The summed E-state index contributed by atoms with van der Waals surface area (Å²) >= 11 is 1.58. The standard InChI is InChI=1S/C18H21N3O2S/c1-2-21-24-17-5-3-4-15(10-17)12-20-18(23)16-8-6-14(7-9-16)11-19-13-22/h3-10,13,21H,2,11-12H2,1H3,(H,19,22)(H,20,23). The van der Waals surface area contributed by atoms with E-state index in [2.05, 4.69) is 28.3 Å². The first kappa shape index (κ1) is 18.0. The number of amides is 2. The van der Waals surface area contributed by atoms with E-state index in [4.69, 9.17) is 0 Å². The summed E-state index contributed by atoms with van der Waals surface area (Å²) in [6, 6.07) is 15.2. The van der Waals surface area contributed by atoms with Crippen LogP contribution in [0.3, 0.4) is 0 Å². The Hall–Kier alpha value is -2.31. The van der Waals surface area contributed by atoms with Gasteiger partial charge in [-0.3, -0.25) is 14.3 Å². The lowest BCUT2D eigenvalue weighted by atomic mass is 10.1. The van der Waals surface area contributed by atoms with Crippen molar-refractivity contribution in [1.82, 2.24) is 15.4 Å². The third-order valence-electron chi connectivity index (χ3n) is 3.29. The van der Waals surface area contributed by atoms with E-state index in [1.807, 2.05) is 30.3 Å². The maximum absolute atomic E-state index is 12.2. The predicted molar refractivity (Wildman–Crippen MR) is 96.5 cm³/mol. The van der Waals surface area contributed by atoms with Crippen molar-refractivity contribution in [2.75, 3.05) is 6.54 Å². The minimum absolute atomic E-state index is 0.116. The number of rotatable bonds is 9. The molecule has 0 aliphatic rings. The van der Waals surface area contributed by atoms with Crippen LogP contribution in [0.15, 0.2) is 53.4 Å². The summed E-state index contributed by atoms with van der Waals surface area (Å²) in [5, 5.41) is 5.51. The summed E-state index contributed by atoms with van der Waals surface area (Å²) in [5.74, 6) is -0.116. The number of hydrogen-bond donors (Lipinski definition) is 3. The topological polar surface area (TPSA) is 70.2 Å². The monoisotopic (exact) mass is 343 g/mol. The first-order chi connectivity index (χ1) is 11.7. The first-order valence-electron chi connectivity index (χ1n) is 7.75. The van der Waals surface area contributed by atoms with Crippen molar-refractivity contribution in [3.63, 3.8) is 0 Å². The Morgan fingerprint density at radius 3 is 2.58 bits per heavy atom. The van der Waals surface area contributed by atoms with E-state index in [9.17, 15) is 9.59 Å². The van der Waals surface area contributed by atoms with Gasteiger partial charge < -0.3 is 10.6 Å². The Morgan fingerprint density at radius 1 is 1.08 bits per heavy atom. The van der Waals surface area contributed by atoms with E-state index in [-0.39, 0.29) is 5.91 Å². The Bertz CT molecular complexity index is 674. The van der Waals surface area contributed by atoms with E-state index in [0.717, 1.165) is 22.6 Å². The molecule has 3 N–H and O–H groups in total. The second-order valence-corrected chi connectivity index (χ2v) is 6.09. The van der Waals surface area contributed by atoms with Gasteiger partial charge in [-0.1, -0.05) is 31.2 Å². The molecule has 5 nitrogen and oxygen atoms in total. The van der Waals surface area contributed by atoms with Crippen molar-refractivity contribution in [3.8, 4) is 0 Å². The Kier molecular flexibility index (Phi) is 7.32. The molecule has 0 atom stereocenters. The molecule has 0 saturated heterocycles. The first-order valence-corrected chi connectivity index (χ1v) is 8.57. The third-order valence-corrected chi connectivity index (χ3v) is 4.21. The SMILES string of the molecule is CCNSc1cccc(CNC(=O)c2ccc(CNC=O)cc2)c1. The van der Waals surface area contributed by atoms with Gasteiger partial charge in [-0.05, 0) is 47.3 Å². The molecule has 0 saturated carbocycles. The molecule has 0 fully saturated rings. The van der Waals surface area contributed by atoms with Gasteiger partial charge in [0.15, 0.2) is 0 Å². The van der Waals surface area contributed by atoms with Gasteiger partial charge >= 0.3 is 0 Å². The zero-order valence-corrected chi connectivity index (χ0v) is 14.4. The Balaban J connectivity index is 1.89. The molecular weight excluding hydrogens is 322 g/mol. The molecule has 2 rings (SSSR count). The van der Waals surface area contributed by atoms with Crippen LogP contribution in [0, 0.1) is 0 Å². The smallest absolute Gasteiger partial charge is 0.251 e. The van der Waals surface area contributed by atoms with Crippen molar-refractivity contribution in [2.45, 2.75) is 24.9 Å². The fourth-order valence-corrected chi connectivity index (χ4v) is 2.76. The average molecular weight is 343 g/mol. The summed E-state index contributed by atoms with van der Waals surface area (Å²) in [4.78, 5) is 23.6. The van der Waals surface area contributed by atoms with Gasteiger partial charge in [0.1, 0.15) is 0 Å². The number of carbonyl (C=O) groups excluding carboxylic acids is 2. The van der Waals surface area contributed by atoms with Crippen LogP contribution in [0.25, 0.3) is 0 Å². The van der Waals surface area contributed by atoms with Gasteiger partial charge in [0.05, 0.1) is 0 Å². The largest absolute Gasteiger partial charge is 0.355 e. The fraction of sp³-hybridized carbons (Fsp3) is 0.222. The maximum atomic E-state index is 12.2. The lowest BCUT2D eigenvalue weighted by molar-refractivity contribution is -0.109. The molecule has 0 aliphatic heterocycles. The van der Waals surface area contributed by atoms with Crippen molar-refractivity contribution in [3.05, 3.63) is 65.2 Å². The van der Waals surface area contributed by atoms with Crippen molar-refractivity contribution < 1.29 is 9.59 Å². The van der Waals surface area contributed by atoms with E-state index < -0.39 is 0 Å². The molecule has 126 valence electrons. The summed E-state index contributed by atoms with van der Waals surface area (Å²) < 4.78 is 3.20. The van der Waals surface area contributed by atoms with Gasteiger partial charge in [0.2, 0.25) is 6.41 Å². The summed E-state index contributed by atoms with van der Waals surface area (Å²) in [7, 11) is 0. The minimum Gasteiger partial charge on any atom is -0.355 e. The molecule has 0 heterocycles. The molecule has 0 unspecified atom stereocenters. The molecular formula is C18H21N3O2S. The van der Waals surface area contributed by atoms with Crippen LogP contribution in [-0.2, 0) is 17.9 Å². The number of nitrogens with one attached hydrogen (secondary N) is 3. The van der Waals surface area contributed by atoms with Crippen molar-refractivity contribution >= 4 is 24.3 Å². The molecule has 2 aromatic rings. The van der Waals surface area contributed by atoms with Crippen LogP contribution < -0.4 is 15.4 Å². The average Bonchev–Trinajstić information content (AvgIpc) is 2.63. The highest BCUT2D eigenvalue weighted by molar-refractivity contribution is 7.97. The highest BCUT2D eigenvalue weighted by atomic mass is 32.2. The van der Waals surface area contributed by atoms with E-state index in [1.165, 1.54) is 0 Å². The molecule has 6 heteroatoms. The van der Waals surface area contributed by atoms with E-state index >= 15 is 0 Å². The second-order valence-electron chi connectivity index (χ2n) is 5.13. The van der Waals surface area contributed by atoms with Crippen LogP contribution in [0.1, 0.15) is 28.4 Å². The van der Waals surface area contributed by atoms with Gasteiger partial charge in [-0.25, -0.2) is 0 Å². The van der Waals surface area contributed by atoms with Crippen LogP contribution in [0.5, 0.6) is 0 Å². The lowest BCUT2D eigenvalue weighted by Gasteiger charge is -2.08. The molecule has 24 heavy (non-hydrogen) atoms. The highest BCUT2D eigenvalue weighted by Crippen LogP contribution is 2.16. The molecule has 2 amide bonds. The summed E-state index contributed by atoms with van der Waals surface area (Å²) in [5.41, 5.74) is 2.60. The maximum Gasteiger partial charge on any atom is 0.251 e. The molecule has 0 spiro atoms. The lowest BCUT2D eigenvalue weighted by Crippen LogP contribution is -2.22. The van der Waals surface area contributed by atoms with Gasteiger partial charge in [-0.2, -0.15) is 0 Å². The molecule has 2 aromatic carbocycles. The van der Waals surface area contributed by atoms with Crippen molar-refractivity contribution in [2.24, 2.45) is 0 Å². The quantitative estimate of drug-likeness (QED) is 0.483. The Labute approximate surface area is 146 Å². The number of hydrogen-bond acceptors (Lipinski definition) is 4. The molecule has 0 radical (unpaired) electrons. The van der Waals surface area contributed by atoms with Crippen LogP contribution >= 0.6 is 11.9 Å². The van der Waals surface area contributed by atoms with E-state index in [1.54, 1.807) is 24.1 Å². The van der Waals surface area contributed by atoms with Crippen LogP contribution in [0.4, 0.5) is 0 Å². The highest BCUT2D eigenvalue weighted by Gasteiger charge is 2.05. The third kappa shape index (κ3) is 5.72. The summed E-state index contributed by atoms with van der Waals surface area (Å²) in [6.45, 7) is 3.89. The second kappa shape index (κ2) is 9.75. The zero-order valence-electron chi connectivity index (χ0n) is 13.5. The Morgan fingerprint density at radius 2 is 1.88 bits per heavy atom. The van der Waals surface area contributed by atoms with Crippen LogP contribution in [0.2, 0.25) is 0 Å². The normalized spacial score (nSPS) is 10.2. The number of benzene rings is 2. The van der Waals surface area contributed by atoms with Crippen molar-refractivity contribution in [1.29, 1.82) is 0 Å². The minimum atomic E-state index is -0.116. The molecule has 0 aromatic heterocycles. The molecule has 0 bridgehead atoms. The fourth-order valence-electron chi connectivity index (χ4n) is 2.09. The summed E-state index contributed by atoms with van der Waals surface area (Å²) in [6.07, 6.45) is 0.656. The zero-order chi connectivity index (χ0) is 17.2. The van der Waals surface area contributed by atoms with Gasteiger partial charge in [0.25, 0.3) is 5.91 Å². The molecule has 0 aliphatic carbocycles. The van der Waals surface area contributed by atoms with E-state index in [0.29, 0.717) is 25.1 Å². The van der Waals surface area contributed by atoms with Gasteiger partial charge in [-0.15, -0.1) is 0 Å². The van der Waals surface area contributed by atoms with Crippen LogP contribution in [-0.4, -0.2) is 18.9 Å².